The summed E-state index contributed by atoms with van der Waals surface area (Å²) in [4.78, 5) is 17.0. The smallest absolute Gasteiger partial charge is 0.313 e. The molecule has 0 aliphatic carbocycles. The molecule has 3 aromatic rings. The highest BCUT2D eigenvalue weighted by Crippen LogP contribution is 2.19. The molecular weight excluding hydrogens is 310 g/mol. The zero-order chi connectivity index (χ0) is 16.2. The summed E-state index contributed by atoms with van der Waals surface area (Å²) < 4.78 is 0. The Bertz CT molecular complexity index is 880. The molecule has 0 saturated heterocycles. The van der Waals surface area contributed by atoms with E-state index in [4.69, 9.17) is 16.4 Å². The summed E-state index contributed by atoms with van der Waals surface area (Å²) in [5.74, 6) is -0.513. The van der Waals surface area contributed by atoms with E-state index in [-0.39, 0.29) is 0 Å². The van der Waals surface area contributed by atoms with Crippen LogP contribution in [0.25, 0.3) is 10.8 Å². The van der Waals surface area contributed by atoms with Crippen LogP contribution in [0.4, 0.5) is 0 Å². The van der Waals surface area contributed by atoms with E-state index in [9.17, 15) is 4.79 Å². The third kappa shape index (κ3) is 3.41. The van der Waals surface area contributed by atoms with Crippen molar-refractivity contribution in [3.05, 3.63) is 82.9 Å². The van der Waals surface area contributed by atoms with E-state index in [0.29, 0.717) is 16.3 Å². The van der Waals surface area contributed by atoms with Gasteiger partial charge in [0.05, 0.1) is 11.3 Å². The van der Waals surface area contributed by atoms with E-state index in [1.54, 1.807) is 24.3 Å². The first-order valence-electron chi connectivity index (χ1n) is 7.15. The zero-order valence-corrected chi connectivity index (χ0v) is 13.2. The highest BCUT2D eigenvalue weighted by atomic mass is 35.5. The molecule has 0 bridgehead atoms. The second-order valence-electron chi connectivity index (χ2n) is 5.09. The molecule has 0 N–H and O–H groups in total. The lowest BCUT2D eigenvalue weighted by molar-refractivity contribution is 0.0516. The van der Waals surface area contributed by atoms with Crippen LogP contribution >= 0.6 is 11.6 Å². The van der Waals surface area contributed by atoms with Crippen molar-refractivity contribution in [3.63, 3.8) is 0 Å². The van der Waals surface area contributed by atoms with Crippen LogP contribution in [0.5, 0.6) is 0 Å². The van der Waals surface area contributed by atoms with Crippen molar-refractivity contribution < 1.29 is 9.63 Å². The van der Waals surface area contributed by atoms with Crippen molar-refractivity contribution in [1.29, 1.82) is 0 Å². The van der Waals surface area contributed by atoms with Gasteiger partial charge in [0.15, 0.2) is 0 Å². The number of fused-ring (bicyclic) bond motifs is 1. The Balaban J connectivity index is 1.84. The van der Waals surface area contributed by atoms with Gasteiger partial charge in [-0.15, -0.1) is 0 Å². The van der Waals surface area contributed by atoms with Gasteiger partial charge in [-0.2, -0.15) is 0 Å². The minimum absolute atomic E-state index is 0.406. The van der Waals surface area contributed by atoms with E-state index in [0.717, 1.165) is 16.3 Å². The summed E-state index contributed by atoms with van der Waals surface area (Å²) in [5.41, 5.74) is 1.99. The Morgan fingerprint density at radius 1 is 0.957 bits per heavy atom. The van der Waals surface area contributed by atoms with Crippen molar-refractivity contribution in [2.24, 2.45) is 5.16 Å². The number of nitrogens with zero attached hydrogens (tertiary/aromatic N) is 1. The standard InChI is InChI=1S/C19H14ClNO2/c1-13(17-8-4-6-14-5-2-3-7-18(14)17)21-23-19(22)15-9-11-16(20)12-10-15/h2-12H,1H3/b21-13+. The van der Waals surface area contributed by atoms with Gasteiger partial charge in [0.25, 0.3) is 0 Å². The summed E-state index contributed by atoms with van der Waals surface area (Å²) >= 11 is 5.80. The number of halogens is 1. The molecule has 0 unspecified atom stereocenters. The second-order valence-corrected chi connectivity index (χ2v) is 5.53. The van der Waals surface area contributed by atoms with Gasteiger partial charge in [-0.1, -0.05) is 59.2 Å². The first-order valence-corrected chi connectivity index (χ1v) is 7.52. The lowest BCUT2D eigenvalue weighted by atomic mass is 10.0. The molecule has 0 aliphatic heterocycles. The zero-order valence-electron chi connectivity index (χ0n) is 12.5. The first kappa shape index (κ1) is 15.3. The summed E-state index contributed by atoms with van der Waals surface area (Å²) in [6.45, 7) is 1.82. The van der Waals surface area contributed by atoms with Crippen molar-refractivity contribution in [2.45, 2.75) is 6.92 Å². The molecule has 0 spiro atoms. The third-order valence-corrected chi connectivity index (χ3v) is 3.78. The fraction of sp³-hybridized carbons (Fsp3) is 0.0526. The Hall–Kier alpha value is -2.65. The normalized spacial score (nSPS) is 11.5. The van der Waals surface area contributed by atoms with E-state index in [1.807, 2.05) is 49.4 Å². The third-order valence-electron chi connectivity index (χ3n) is 3.52. The summed E-state index contributed by atoms with van der Waals surface area (Å²) in [5, 5.41) is 6.73. The van der Waals surface area contributed by atoms with E-state index in [2.05, 4.69) is 5.16 Å². The van der Waals surface area contributed by atoms with Crippen molar-refractivity contribution in [3.8, 4) is 0 Å². The quantitative estimate of drug-likeness (QED) is 0.383. The molecule has 0 atom stereocenters. The van der Waals surface area contributed by atoms with Gasteiger partial charge in [-0.3, -0.25) is 0 Å². The Kier molecular flexibility index (Phi) is 4.40. The van der Waals surface area contributed by atoms with Crippen LogP contribution < -0.4 is 0 Å². The number of hydrogen-bond donors (Lipinski definition) is 0. The van der Waals surface area contributed by atoms with Gasteiger partial charge < -0.3 is 4.84 Å². The molecule has 23 heavy (non-hydrogen) atoms. The number of carbonyl (C=O) groups is 1. The predicted molar refractivity (Wildman–Crippen MR) is 93.0 cm³/mol. The highest BCUT2D eigenvalue weighted by molar-refractivity contribution is 6.30. The predicted octanol–water partition coefficient (Wildman–Crippen LogP) is 5.07. The van der Waals surface area contributed by atoms with E-state index < -0.39 is 5.97 Å². The fourth-order valence-electron chi connectivity index (χ4n) is 2.34. The van der Waals surface area contributed by atoms with Crippen LogP contribution in [0.3, 0.4) is 0 Å². The minimum atomic E-state index is -0.513. The largest absolute Gasteiger partial charge is 0.365 e. The molecule has 0 aromatic heterocycles. The van der Waals surface area contributed by atoms with E-state index >= 15 is 0 Å². The maximum absolute atomic E-state index is 12.0. The molecule has 3 rings (SSSR count). The van der Waals surface area contributed by atoms with Gasteiger partial charge in [-0.05, 0) is 42.0 Å². The van der Waals surface area contributed by atoms with Crippen LogP contribution in [-0.2, 0) is 4.84 Å². The van der Waals surface area contributed by atoms with Crippen molar-refractivity contribution in [2.75, 3.05) is 0 Å². The summed E-state index contributed by atoms with van der Waals surface area (Å²) in [6.07, 6.45) is 0. The average Bonchev–Trinajstić information content (AvgIpc) is 2.59. The molecule has 0 heterocycles. The van der Waals surface area contributed by atoms with Crippen LogP contribution in [0.2, 0.25) is 5.02 Å². The number of hydrogen-bond acceptors (Lipinski definition) is 3. The molecule has 0 amide bonds. The van der Waals surface area contributed by atoms with Gasteiger partial charge in [0.1, 0.15) is 0 Å². The molecule has 4 heteroatoms. The van der Waals surface area contributed by atoms with Crippen LogP contribution in [-0.4, -0.2) is 11.7 Å². The molecule has 3 nitrogen and oxygen atoms in total. The number of carbonyl (C=O) groups excluding carboxylic acids is 1. The summed E-state index contributed by atoms with van der Waals surface area (Å²) in [7, 11) is 0. The fourth-order valence-corrected chi connectivity index (χ4v) is 2.46. The summed E-state index contributed by atoms with van der Waals surface area (Å²) in [6, 6.07) is 20.4. The van der Waals surface area contributed by atoms with Gasteiger partial charge >= 0.3 is 5.97 Å². The molecule has 0 saturated carbocycles. The van der Waals surface area contributed by atoms with Gasteiger partial charge in [0.2, 0.25) is 0 Å². The number of oxime groups is 1. The van der Waals surface area contributed by atoms with Crippen LogP contribution in [0.1, 0.15) is 22.8 Å². The topological polar surface area (TPSA) is 38.7 Å². The lowest BCUT2D eigenvalue weighted by Crippen LogP contribution is -2.04. The minimum Gasteiger partial charge on any atom is -0.313 e. The second kappa shape index (κ2) is 6.63. The Morgan fingerprint density at radius 3 is 2.43 bits per heavy atom. The SMILES string of the molecule is C/C(=N\OC(=O)c1ccc(Cl)cc1)c1cccc2ccccc12. The molecule has 114 valence electrons. The van der Waals surface area contributed by atoms with Crippen LogP contribution in [0, 0.1) is 0 Å². The molecular formula is C19H14ClNO2. The first-order chi connectivity index (χ1) is 11.1. The maximum atomic E-state index is 12.0. The Morgan fingerprint density at radius 2 is 1.65 bits per heavy atom. The van der Waals surface area contributed by atoms with Crippen molar-refractivity contribution >= 4 is 34.1 Å². The maximum Gasteiger partial charge on any atom is 0.365 e. The number of rotatable bonds is 3. The molecule has 0 fully saturated rings. The lowest BCUT2D eigenvalue weighted by Gasteiger charge is -2.06. The highest BCUT2D eigenvalue weighted by Gasteiger charge is 2.08. The van der Waals surface area contributed by atoms with Gasteiger partial charge in [0, 0.05) is 10.6 Å². The molecule has 3 aromatic carbocycles. The van der Waals surface area contributed by atoms with Crippen molar-refractivity contribution in [1.82, 2.24) is 0 Å². The van der Waals surface area contributed by atoms with Crippen LogP contribution in [0.15, 0.2) is 71.9 Å². The Labute approximate surface area is 139 Å². The number of benzene rings is 3. The molecule has 0 aliphatic rings. The monoisotopic (exact) mass is 323 g/mol. The average molecular weight is 324 g/mol. The van der Waals surface area contributed by atoms with E-state index in [1.165, 1.54) is 0 Å². The van der Waals surface area contributed by atoms with Gasteiger partial charge in [-0.25, -0.2) is 4.79 Å². The molecule has 0 radical (unpaired) electrons.